The minimum absolute atomic E-state index is 0.0971. The normalized spacial score (nSPS) is 13.8. The number of amides is 2. The molecule has 1 heterocycles. The highest BCUT2D eigenvalue weighted by atomic mass is 16.2. The van der Waals surface area contributed by atoms with E-state index >= 15 is 0 Å². The predicted octanol–water partition coefficient (Wildman–Crippen LogP) is 3.00. The zero-order chi connectivity index (χ0) is 21.3. The van der Waals surface area contributed by atoms with Crippen LogP contribution in [0.25, 0.3) is 0 Å². The van der Waals surface area contributed by atoms with Crippen LogP contribution in [-0.2, 0) is 4.79 Å². The van der Waals surface area contributed by atoms with Crippen molar-refractivity contribution in [1.29, 1.82) is 0 Å². The van der Waals surface area contributed by atoms with Crippen molar-refractivity contribution in [1.82, 2.24) is 10.2 Å². The Bertz CT molecular complexity index is 811. The maximum absolute atomic E-state index is 12.5. The second-order valence-corrected chi connectivity index (χ2v) is 7.43. The Hall–Kier alpha value is -3.02. The van der Waals surface area contributed by atoms with Crippen LogP contribution in [0.1, 0.15) is 30.6 Å². The van der Waals surface area contributed by atoms with Gasteiger partial charge in [-0.15, -0.1) is 0 Å². The molecule has 6 nitrogen and oxygen atoms in total. The van der Waals surface area contributed by atoms with Crippen LogP contribution in [0.4, 0.5) is 11.4 Å². The average molecular weight is 409 g/mol. The molecule has 2 aromatic rings. The lowest BCUT2D eigenvalue weighted by molar-refractivity contribution is -0.131. The Labute approximate surface area is 179 Å². The Balaban J connectivity index is 1.41. The molecule has 3 rings (SSSR count). The van der Waals surface area contributed by atoms with Gasteiger partial charge in [-0.2, -0.15) is 0 Å². The summed E-state index contributed by atoms with van der Waals surface area (Å²) in [4.78, 5) is 31.3. The molecular formula is C24H32N4O2. The lowest BCUT2D eigenvalue weighted by Crippen LogP contribution is -2.49. The van der Waals surface area contributed by atoms with Crippen LogP contribution in [0.3, 0.4) is 0 Å². The third-order valence-corrected chi connectivity index (χ3v) is 5.64. The molecule has 1 saturated heterocycles. The van der Waals surface area contributed by atoms with Crippen molar-refractivity contribution in [3.8, 4) is 0 Å². The molecule has 1 aliphatic rings. The molecule has 2 amide bonds. The van der Waals surface area contributed by atoms with E-state index in [0.717, 1.165) is 31.9 Å². The van der Waals surface area contributed by atoms with Crippen LogP contribution in [0.2, 0.25) is 0 Å². The average Bonchev–Trinajstić information content (AvgIpc) is 2.81. The highest BCUT2D eigenvalue weighted by Crippen LogP contribution is 2.16. The second-order valence-electron chi connectivity index (χ2n) is 7.43. The number of carbonyl (C=O) groups excluding carboxylic acids is 2. The molecule has 30 heavy (non-hydrogen) atoms. The number of para-hydroxylation sites is 1. The first kappa shape index (κ1) is 21.7. The van der Waals surface area contributed by atoms with Crippen LogP contribution in [0.5, 0.6) is 0 Å². The molecule has 0 bridgehead atoms. The van der Waals surface area contributed by atoms with Gasteiger partial charge < -0.3 is 20.0 Å². The largest absolute Gasteiger partial charge is 0.372 e. The summed E-state index contributed by atoms with van der Waals surface area (Å²) in [6, 6.07) is 17.9. The molecule has 0 atom stereocenters. The molecule has 160 valence electrons. The van der Waals surface area contributed by atoms with Crippen LogP contribution in [0, 0.1) is 0 Å². The van der Waals surface area contributed by atoms with E-state index in [2.05, 4.69) is 41.1 Å². The molecule has 0 spiro atoms. The van der Waals surface area contributed by atoms with Gasteiger partial charge in [-0.05, 0) is 50.2 Å². The summed E-state index contributed by atoms with van der Waals surface area (Å²) in [6.45, 7) is 9.55. The third-order valence-electron chi connectivity index (χ3n) is 5.64. The Morgan fingerprint density at radius 2 is 1.53 bits per heavy atom. The quantitative estimate of drug-likeness (QED) is 0.730. The van der Waals surface area contributed by atoms with Crippen LogP contribution in [0.15, 0.2) is 54.6 Å². The summed E-state index contributed by atoms with van der Waals surface area (Å²) >= 11 is 0. The van der Waals surface area contributed by atoms with E-state index in [-0.39, 0.29) is 11.8 Å². The first-order chi connectivity index (χ1) is 14.6. The van der Waals surface area contributed by atoms with Gasteiger partial charge in [-0.25, -0.2) is 0 Å². The predicted molar refractivity (Wildman–Crippen MR) is 122 cm³/mol. The summed E-state index contributed by atoms with van der Waals surface area (Å²) in [5.74, 6) is -0.0392. The molecule has 1 fully saturated rings. The highest BCUT2D eigenvalue weighted by molar-refractivity contribution is 5.94. The van der Waals surface area contributed by atoms with Gasteiger partial charge in [0.15, 0.2) is 0 Å². The summed E-state index contributed by atoms with van der Waals surface area (Å²) in [6.07, 6.45) is 0.328. The molecule has 0 radical (unpaired) electrons. The fourth-order valence-electron chi connectivity index (χ4n) is 3.81. The van der Waals surface area contributed by atoms with Crippen LogP contribution in [-0.4, -0.2) is 62.5 Å². The van der Waals surface area contributed by atoms with E-state index in [9.17, 15) is 9.59 Å². The maximum atomic E-state index is 12.5. The third kappa shape index (κ3) is 5.53. The van der Waals surface area contributed by atoms with E-state index in [1.54, 1.807) is 0 Å². The Morgan fingerprint density at radius 3 is 2.13 bits per heavy atom. The number of hydrogen-bond acceptors (Lipinski definition) is 4. The van der Waals surface area contributed by atoms with Crippen molar-refractivity contribution in [2.45, 2.75) is 20.3 Å². The zero-order valence-electron chi connectivity index (χ0n) is 18.0. The topological polar surface area (TPSA) is 55.9 Å². The van der Waals surface area contributed by atoms with Crippen molar-refractivity contribution >= 4 is 23.2 Å². The molecule has 2 aromatic carbocycles. The first-order valence-electron chi connectivity index (χ1n) is 10.8. The molecule has 1 N–H and O–H groups in total. The Morgan fingerprint density at radius 1 is 0.900 bits per heavy atom. The number of rotatable bonds is 8. The van der Waals surface area contributed by atoms with Crippen LogP contribution >= 0.6 is 0 Å². The summed E-state index contributed by atoms with van der Waals surface area (Å²) in [7, 11) is 0. The summed E-state index contributed by atoms with van der Waals surface area (Å²) < 4.78 is 0. The van der Waals surface area contributed by atoms with E-state index in [0.29, 0.717) is 31.6 Å². The number of benzene rings is 2. The number of anilines is 2. The molecule has 1 aliphatic heterocycles. The minimum atomic E-state index is -0.136. The summed E-state index contributed by atoms with van der Waals surface area (Å²) in [5, 5.41) is 2.87. The lowest BCUT2D eigenvalue weighted by Gasteiger charge is -2.36. The number of piperazine rings is 1. The van der Waals surface area contributed by atoms with Gasteiger partial charge in [0.05, 0.1) is 0 Å². The number of hydrogen-bond donors (Lipinski definition) is 1. The Kier molecular flexibility index (Phi) is 7.71. The van der Waals surface area contributed by atoms with E-state index in [4.69, 9.17) is 0 Å². The van der Waals surface area contributed by atoms with Gasteiger partial charge in [-0.1, -0.05) is 18.2 Å². The fraction of sp³-hybridized carbons (Fsp3) is 0.417. The first-order valence-corrected chi connectivity index (χ1v) is 10.8. The SMILES string of the molecule is CCN(CC)c1ccc(C(=O)NCCC(=O)N2CCN(c3ccccc3)CC2)cc1. The molecule has 0 unspecified atom stereocenters. The number of carbonyl (C=O) groups is 2. The van der Waals surface area contributed by atoms with E-state index < -0.39 is 0 Å². The van der Waals surface area contributed by atoms with Gasteiger partial charge in [0, 0.05) is 69.2 Å². The summed E-state index contributed by atoms with van der Waals surface area (Å²) in [5.41, 5.74) is 2.93. The number of nitrogens with zero attached hydrogens (tertiary/aromatic N) is 3. The van der Waals surface area contributed by atoms with Gasteiger partial charge in [0.2, 0.25) is 5.91 Å². The standard InChI is InChI=1S/C24H32N4O2/c1-3-26(4-2)22-12-10-20(11-13-22)24(30)25-15-14-23(29)28-18-16-27(17-19-28)21-8-6-5-7-9-21/h5-13H,3-4,14-19H2,1-2H3,(H,25,30). The molecular weight excluding hydrogens is 376 g/mol. The van der Waals surface area contributed by atoms with Gasteiger partial charge >= 0.3 is 0 Å². The zero-order valence-corrected chi connectivity index (χ0v) is 18.0. The molecule has 0 saturated carbocycles. The van der Waals surface area contributed by atoms with E-state index in [1.165, 1.54) is 5.69 Å². The van der Waals surface area contributed by atoms with Gasteiger partial charge in [0.25, 0.3) is 5.91 Å². The van der Waals surface area contributed by atoms with Crippen molar-refractivity contribution < 1.29 is 9.59 Å². The van der Waals surface area contributed by atoms with Crippen molar-refractivity contribution in [3.63, 3.8) is 0 Å². The monoisotopic (exact) mass is 408 g/mol. The van der Waals surface area contributed by atoms with Gasteiger partial charge in [0.1, 0.15) is 0 Å². The number of nitrogens with one attached hydrogen (secondary N) is 1. The lowest BCUT2D eigenvalue weighted by atomic mass is 10.1. The molecule has 0 aromatic heterocycles. The maximum Gasteiger partial charge on any atom is 0.251 e. The molecule has 6 heteroatoms. The smallest absolute Gasteiger partial charge is 0.251 e. The fourth-order valence-corrected chi connectivity index (χ4v) is 3.81. The van der Waals surface area contributed by atoms with Crippen molar-refractivity contribution in [2.24, 2.45) is 0 Å². The van der Waals surface area contributed by atoms with Crippen molar-refractivity contribution in [3.05, 3.63) is 60.2 Å². The van der Waals surface area contributed by atoms with Gasteiger partial charge in [-0.3, -0.25) is 9.59 Å². The van der Waals surface area contributed by atoms with Crippen molar-refractivity contribution in [2.75, 3.05) is 55.6 Å². The second kappa shape index (κ2) is 10.7. The minimum Gasteiger partial charge on any atom is -0.372 e. The van der Waals surface area contributed by atoms with Crippen LogP contribution < -0.4 is 15.1 Å². The van der Waals surface area contributed by atoms with E-state index in [1.807, 2.05) is 47.4 Å². The molecule has 0 aliphatic carbocycles. The highest BCUT2D eigenvalue weighted by Gasteiger charge is 2.21.